The molecule has 0 amide bonds. The molecule has 0 bridgehead atoms. The molecule has 0 aliphatic rings. The van der Waals surface area contributed by atoms with Crippen molar-refractivity contribution in [3.8, 4) is 39.7 Å². The van der Waals surface area contributed by atoms with Crippen LogP contribution in [-0.2, 0) is 0 Å². The second kappa shape index (κ2) is 11.1. The average Bonchev–Trinajstić information content (AvgIpc) is 3.66. The van der Waals surface area contributed by atoms with E-state index in [0.29, 0.717) is 11.8 Å². The molecule has 0 aliphatic heterocycles. The molecule has 4 aromatic heterocycles. The summed E-state index contributed by atoms with van der Waals surface area (Å²) in [6.45, 7) is 9.04. The quantitative estimate of drug-likeness (QED) is 0.207. The van der Waals surface area contributed by atoms with Gasteiger partial charge in [-0.05, 0) is 71.0 Å². The molecule has 224 valence electrons. The van der Waals surface area contributed by atoms with Crippen molar-refractivity contribution in [2.45, 2.75) is 39.5 Å². The summed E-state index contributed by atoms with van der Waals surface area (Å²) in [6.07, 6.45) is 1.81. The molecule has 1 N–H and O–H groups in total. The number of H-pyrrole nitrogens is 1. The number of hydrogen-bond acceptors (Lipinski definition) is 3. The van der Waals surface area contributed by atoms with Gasteiger partial charge in [0.15, 0.2) is 0 Å². The Labute approximate surface area is 268 Å². The van der Waals surface area contributed by atoms with Gasteiger partial charge in [-0.25, -0.2) is 9.97 Å². The molecule has 46 heavy (non-hydrogen) atoms. The molecule has 0 unspecified atom stereocenters. The van der Waals surface area contributed by atoms with Crippen molar-refractivity contribution in [3.05, 3.63) is 133 Å². The van der Waals surface area contributed by atoms with Crippen LogP contribution in [-0.4, -0.2) is 24.5 Å². The second-order valence-electron chi connectivity index (χ2n) is 12.6. The highest BCUT2D eigenvalue weighted by atomic mass is 15.1. The van der Waals surface area contributed by atoms with Gasteiger partial charge in [-0.3, -0.25) is 9.55 Å². The van der Waals surface area contributed by atoms with Gasteiger partial charge in [-0.2, -0.15) is 0 Å². The number of aromatic amines is 1. The molecule has 8 rings (SSSR count). The Balaban J connectivity index is 1.43. The minimum absolute atomic E-state index is 0.324. The number of imidazole rings is 1. The minimum atomic E-state index is 0.324. The molecule has 5 heteroatoms. The largest absolute Gasteiger partial charge is 0.354 e. The maximum Gasteiger partial charge on any atom is 0.147 e. The van der Waals surface area contributed by atoms with Gasteiger partial charge in [0.1, 0.15) is 11.6 Å². The minimum Gasteiger partial charge on any atom is -0.354 e. The van der Waals surface area contributed by atoms with Crippen molar-refractivity contribution in [2.75, 3.05) is 0 Å². The highest BCUT2D eigenvalue weighted by Gasteiger charge is 2.24. The molecule has 0 saturated carbocycles. The van der Waals surface area contributed by atoms with Crippen LogP contribution in [0.1, 0.15) is 50.7 Å². The van der Waals surface area contributed by atoms with E-state index in [1.54, 1.807) is 0 Å². The number of rotatable bonds is 6. The van der Waals surface area contributed by atoms with Gasteiger partial charge in [0.2, 0.25) is 0 Å². The first-order valence-electron chi connectivity index (χ1n) is 16.0. The summed E-state index contributed by atoms with van der Waals surface area (Å²) in [7, 11) is 0. The maximum atomic E-state index is 5.38. The molecule has 4 heterocycles. The van der Waals surface area contributed by atoms with E-state index in [4.69, 9.17) is 9.97 Å². The monoisotopic (exact) mass is 597 g/mol. The lowest BCUT2D eigenvalue weighted by atomic mass is 9.88. The van der Waals surface area contributed by atoms with Crippen LogP contribution >= 0.6 is 0 Å². The number of benzene rings is 4. The lowest BCUT2D eigenvalue weighted by Crippen LogP contribution is -2.06. The SMILES string of the molecule is CC(C)c1cccc(C(C)C)c1-c1nc2ccc(-c3cccc4c3[nH]c3ccccc34)cc2n1-c1cccc(-c2ccccn2)n1. The van der Waals surface area contributed by atoms with Crippen LogP contribution in [0.25, 0.3) is 72.6 Å². The van der Waals surface area contributed by atoms with Gasteiger partial charge in [-0.1, -0.05) is 100 Å². The van der Waals surface area contributed by atoms with Gasteiger partial charge in [-0.15, -0.1) is 0 Å². The summed E-state index contributed by atoms with van der Waals surface area (Å²) in [5, 5.41) is 2.45. The summed E-state index contributed by atoms with van der Waals surface area (Å²) >= 11 is 0. The number of pyridine rings is 2. The van der Waals surface area contributed by atoms with Crippen LogP contribution in [0.2, 0.25) is 0 Å². The van der Waals surface area contributed by atoms with E-state index < -0.39 is 0 Å². The highest BCUT2D eigenvalue weighted by molar-refractivity contribution is 6.12. The zero-order chi connectivity index (χ0) is 31.4. The molecular weight excluding hydrogens is 562 g/mol. The average molecular weight is 598 g/mol. The number of nitrogens with one attached hydrogen (secondary N) is 1. The molecule has 8 aromatic rings. The van der Waals surface area contributed by atoms with E-state index in [9.17, 15) is 0 Å². The summed E-state index contributed by atoms with van der Waals surface area (Å²) in [5.41, 5.74) is 11.9. The van der Waals surface area contributed by atoms with Crippen molar-refractivity contribution in [1.29, 1.82) is 0 Å². The normalized spacial score (nSPS) is 11.9. The standard InChI is InChI=1S/C41H35N5/c1-25(2)28-13-9-14-29(26(3)4)39(28)41-45-36-22-21-27(30-15-10-16-32-31-12-5-6-17-33(31)44-40(30)32)24-37(36)46(41)38-20-11-19-35(43-38)34-18-7-8-23-42-34/h5-26,44H,1-4H3. The van der Waals surface area contributed by atoms with Crippen molar-refractivity contribution >= 4 is 32.8 Å². The summed E-state index contributed by atoms with van der Waals surface area (Å²) in [6, 6.07) is 40.4. The number of fused-ring (bicyclic) bond motifs is 4. The second-order valence-corrected chi connectivity index (χ2v) is 12.6. The number of aromatic nitrogens is 5. The van der Waals surface area contributed by atoms with Crippen molar-refractivity contribution in [2.24, 2.45) is 0 Å². The van der Waals surface area contributed by atoms with Gasteiger partial charge in [0, 0.05) is 33.6 Å². The highest BCUT2D eigenvalue weighted by Crippen LogP contribution is 2.40. The smallest absolute Gasteiger partial charge is 0.147 e. The third kappa shape index (κ3) is 4.59. The van der Waals surface area contributed by atoms with E-state index in [1.165, 1.54) is 27.5 Å². The topological polar surface area (TPSA) is 59.4 Å². The van der Waals surface area contributed by atoms with Crippen molar-refractivity contribution in [3.63, 3.8) is 0 Å². The van der Waals surface area contributed by atoms with Crippen molar-refractivity contribution in [1.82, 2.24) is 24.5 Å². The lowest BCUT2D eigenvalue weighted by Gasteiger charge is -2.20. The van der Waals surface area contributed by atoms with E-state index >= 15 is 0 Å². The van der Waals surface area contributed by atoms with Gasteiger partial charge < -0.3 is 4.98 Å². The molecule has 0 saturated heterocycles. The number of nitrogens with zero attached hydrogens (tertiary/aromatic N) is 4. The van der Waals surface area contributed by atoms with E-state index in [1.807, 2.05) is 30.5 Å². The fraction of sp³-hybridized carbons (Fsp3) is 0.146. The molecular formula is C41H35N5. The van der Waals surface area contributed by atoms with E-state index in [2.05, 4.69) is 133 Å². The van der Waals surface area contributed by atoms with Crippen LogP contribution in [0, 0.1) is 0 Å². The lowest BCUT2D eigenvalue weighted by molar-refractivity contribution is 0.832. The first-order chi connectivity index (χ1) is 22.5. The fourth-order valence-electron chi connectivity index (χ4n) is 6.77. The zero-order valence-electron chi connectivity index (χ0n) is 26.5. The molecule has 0 atom stereocenters. The third-order valence-electron chi connectivity index (χ3n) is 8.99. The van der Waals surface area contributed by atoms with Gasteiger partial charge in [0.25, 0.3) is 0 Å². The van der Waals surface area contributed by atoms with E-state index in [0.717, 1.165) is 56.2 Å². The summed E-state index contributed by atoms with van der Waals surface area (Å²) in [4.78, 5) is 18.9. The summed E-state index contributed by atoms with van der Waals surface area (Å²) < 4.78 is 2.25. The van der Waals surface area contributed by atoms with Gasteiger partial charge in [0.05, 0.1) is 27.9 Å². The molecule has 5 nitrogen and oxygen atoms in total. The predicted molar refractivity (Wildman–Crippen MR) is 191 cm³/mol. The Hall–Kier alpha value is -5.55. The Morgan fingerprint density at radius 3 is 2.13 bits per heavy atom. The van der Waals surface area contributed by atoms with Crippen LogP contribution in [0.5, 0.6) is 0 Å². The number of hydrogen-bond donors (Lipinski definition) is 1. The summed E-state index contributed by atoms with van der Waals surface area (Å²) in [5.74, 6) is 2.37. The Bertz CT molecular complexity index is 2350. The van der Waals surface area contributed by atoms with Crippen LogP contribution in [0.15, 0.2) is 121 Å². The molecule has 4 aromatic carbocycles. The molecule has 0 radical (unpaired) electrons. The molecule has 0 spiro atoms. The Morgan fingerprint density at radius 1 is 0.630 bits per heavy atom. The Morgan fingerprint density at radius 2 is 1.35 bits per heavy atom. The van der Waals surface area contributed by atoms with Crippen molar-refractivity contribution < 1.29 is 0 Å². The first kappa shape index (κ1) is 28.0. The zero-order valence-corrected chi connectivity index (χ0v) is 26.5. The van der Waals surface area contributed by atoms with Crippen LogP contribution in [0.4, 0.5) is 0 Å². The predicted octanol–water partition coefficient (Wildman–Crippen LogP) is 10.7. The number of para-hydroxylation sites is 2. The van der Waals surface area contributed by atoms with Crippen LogP contribution in [0.3, 0.4) is 0 Å². The Kier molecular flexibility index (Phi) is 6.75. The fourth-order valence-corrected chi connectivity index (χ4v) is 6.77. The molecule has 0 fully saturated rings. The van der Waals surface area contributed by atoms with Gasteiger partial charge >= 0.3 is 0 Å². The van der Waals surface area contributed by atoms with E-state index in [-0.39, 0.29) is 0 Å². The third-order valence-corrected chi connectivity index (χ3v) is 8.99. The maximum absolute atomic E-state index is 5.38. The molecule has 0 aliphatic carbocycles. The first-order valence-corrected chi connectivity index (χ1v) is 16.0. The van der Waals surface area contributed by atoms with Crippen LogP contribution < -0.4 is 0 Å².